The van der Waals surface area contributed by atoms with E-state index in [0.29, 0.717) is 18.2 Å². The molecule has 0 bridgehead atoms. The Morgan fingerprint density at radius 1 is 1.25 bits per heavy atom. The summed E-state index contributed by atoms with van der Waals surface area (Å²) in [5, 5.41) is 8.44. The number of ether oxygens (including phenoxy) is 1. The first kappa shape index (κ1) is 18.5. The highest BCUT2D eigenvalue weighted by Gasteiger charge is 2.22. The number of benzene rings is 1. The molecule has 1 aliphatic rings. The van der Waals surface area contributed by atoms with E-state index in [1.165, 1.54) is 12.8 Å². The largest absolute Gasteiger partial charge is 0.497 e. The number of fused-ring (bicyclic) bond motifs is 1. The molecule has 6 heteroatoms. The predicted octanol–water partition coefficient (Wildman–Crippen LogP) is 3.84. The zero-order valence-electron chi connectivity index (χ0n) is 16.4. The summed E-state index contributed by atoms with van der Waals surface area (Å²) in [6.45, 7) is 2.50. The zero-order valence-corrected chi connectivity index (χ0v) is 16.4. The molecular formula is C22H26N4O2. The fourth-order valence-electron chi connectivity index (χ4n) is 3.95. The number of nitrogens with one attached hydrogen (secondary N) is 1. The Morgan fingerprint density at radius 2 is 2.00 bits per heavy atom. The molecule has 146 valence electrons. The Kier molecular flexibility index (Phi) is 5.28. The van der Waals surface area contributed by atoms with Gasteiger partial charge in [-0.1, -0.05) is 25.0 Å². The monoisotopic (exact) mass is 378 g/mol. The van der Waals surface area contributed by atoms with Gasteiger partial charge in [-0.15, -0.1) is 0 Å². The van der Waals surface area contributed by atoms with Crippen molar-refractivity contribution in [2.24, 2.45) is 0 Å². The SMILES string of the molecule is COc1ccc(CCNC(=O)c2cc(C)nc3c2cnn3C2CCCC2)cc1. The van der Waals surface area contributed by atoms with Gasteiger partial charge in [-0.05, 0) is 49.9 Å². The number of pyridine rings is 1. The maximum atomic E-state index is 12.8. The molecule has 0 atom stereocenters. The van der Waals surface area contributed by atoms with Gasteiger partial charge in [0.2, 0.25) is 0 Å². The highest BCUT2D eigenvalue weighted by atomic mass is 16.5. The molecule has 1 aliphatic carbocycles. The van der Waals surface area contributed by atoms with Crippen LogP contribution in [-0.4, -0.2) is 34.3 Å². The first-order valence-corrected chi connectivity index (χ1v) is 9.91. The van der Waals surface area contributed by atoms with Crippen LogP contribution in [0, 0.1) is 6.92 Å². The molecule has 2 heterocycles. The van der Waals surface area contributed by atoms with Crippen molar-refractivity contribution in [1.29, 1.82) is 0 Å². The number of hydrogen-bond acceptors (Lipinski definition) is 4. The van der Waals surface area contributed by atoms with Gasteiger partial charge in [-0.2, -0.15) is 5.10 Å². The Bertz CT molecular complexity index is 972. The standard InChI is InChI=1S/C22H26N4O2/c1-15-13-19(20-14-24-26(21(20)25-15)17-5-3-4-6-17)22(27)23-12-11-16-7-9-18(28-2)10-8-16/h7-10,13-14,17H,3-6,11-12H2,1-2H3,(H,23,27). The summed E-state index contributed by atoms with van der Waals surface area (Å²) >= 11 is 0. The lowest BCUT2D eigenvalue weighted by Crippen LogP contribution is -2.26. The van der Waals surface area contributed by atoms with Gasteiger partial charge in [-0.3, -0.25) is 4.79 Å². The van der Waals surface area contributed by atoms with Gasteiger partial charge >= 0.3 is 0 Å². The third-order valence-electron chi connectivity index (χ3n) is 5.47. The van der Waals surface area contributed by atoms with E-state index in [4.69, 9.17) is 4.74 Å². The molecule has 1 N–H and O–H groups in total. The lowest BCUT2D eigenvalue weighted by atomic mass is 10.1. The minimum atomic E-state index is -0.0741. The van der Waals surface area contributed by atoms with Gasteiger partial charge < -0.3 is 10.1 Å². The van der Waals surface area contributed by atoms with Crippen LogP contribution in [0.3, 0.4) is 0 Å². The molecule has 0 saturated heterocycles. The molecular weight excluding hydrogens is 352 g/mol. The average molecular weight is 378 g/mol. The normalized spacial score (nSPS) is 14.5. The Morgan fingerprint density at radius 3 is 2.71 bits per heavy atom. The molecule has 1 aromatic carbocycles. The maximum absolute atomic E-state index is 12.8. The number of nitrogens with zero attached hydrogens (tertiary/aromatic N) is 3. The summed E-state index contributed by atoms with van der Waals surface area (Å²) in [5.74, 6) is 0.761. The highest BCUT2D eigenvalue weighted by molar-refractivity contribution is 6.05. The molecule has 3 aromatic rings. The van der Waals surface area contributed by atoms with Crippen LogP contribution < -0.4 is 10.1 Å². The first-order chi connectivity index (χ1) is 13.7. The second kappa shape index (κ2) is 8.00. The molecule has 0 spiro atoms. The summed E-state index contributed by atoms with van der Waals surface area (Å²) < 4.78 is 7.19. The van der Waals surface area contributed by atoms with E-state index >= 15 is 0 Å². The van der Waals surface area contributed by atoms with Gasteiger partial charge in [-0.25, -0.2) is 9.67 Å². The average Bonchev–Trinajstić information content (AvgIpc) is 3.37. The third kappa shape index (κ3) is 3.72. The molecule has 1 saturated carbocycles. The smallest absolute Gasteiger partial charge is 0.252 e. The van der Waals surface area contributed by atoms with Crippen LogP contribution in [0.5, 0.6) is 5.75 Å². The number of carbonyl (C=O) groups excluding carboxylic acids is 1. The Labute approximate surface area is 164 Å². The zero-order chi connectivity index (χ0) is 19.5. The van der Waals surface area contributed by atoms with Gasteiger partial charge in [0.1, 0.15) is 5.75 Å². The molecule has 28 heavy (non-hydrogen) atoms. The van der Waals surface area contributed by atoms with Crippen molar-refractivity contribution in [2.45, 2.75) is 45.1 Å². The fourth-order valence-corrected chi connectivity index (χ4v) is 3.95. The number of rotatable bonds is 6. The second-order valence-electron chi connectivity index (χ2n) is 7.43. The maximum Gasteiger partial charge on any atom is 0.252 e. The topological polar surface area (TPSA) is 69.0 Å². The molecule has 1 amide bonds. The van der Waals surface area contributed by atoms with Crippen LogP contribution in [0.1, 0.15) is 53.3 Å². The van der Waals surface area contributed by atoms with Gasteiger partial charge in [0.15, 0.2) is 5.65 Å². The summed E-state index contributed by atoms with van der Waals surface area (Å²) in [5.41, 5.74) is 3.48. The predicted molar refractivity (Wildman–Crippen MR) is 109 cm³/mol. The van der Waals surface area contributed by atoms with Crippen molar-refractivity contribution in [3.05, 3.63) is 53.3 Å². The Balaban J connectivity index is 1.48. The second-order valence-corrected chi connectivity index (χ2v) is 7.43. The van der Waals surface area contributed by atoms with E-state index in [2.05, 4.69) is 15.4 Å². The van der Waals surface area contributed by atoms with Crippen LogP contribution in [0.2, 0.25) is 0 Å². The van der Waals surface area contributed by atoms with E-state index in [-0.39, 0.29) is 5.91 Å². The van der Waals surface area contributed by atoms with Crippen LogP contribution >= 0.6 is 0 Å². The van der Waals surface area contributed by atoms with Crippen molar-refractivity contribution >= 4 is 16.9 Å². The first-order valence-electron chi connectivity index (χ1n) is 9.91. The highest BCUT2D eigenvalue weighted by Crippen LogP contribution is 2.31. The molecule has 2 aromatic heterocycles. The molecule has 0 unspecified atom stereocenters. The van der Waals surface area contributed by atoms with Gasteiger partial charge in [0, 0.05) is 12.2 Å². The Hall–Kier alpha value is -2.89. The summed E-state index contributed by atoms with van der Waals surface area (Å²) in [6.07, 6.45) is 7.29. The summed E-state index contributed by atoms with van der Waals surface area (Å²) in [7, 11) is 1.65. The third-order valence-corrected chi connectivity index (χ3v) is 5.47. The van der Waals surface area contributed by atoms with Crippen LogP contribution in [0.15, 0.2) is 36.5 Å². The molecule has 0 aliphatic heterocycles. The van der Waals surface area contributed by atoms with Crippen LogP contribution in [0.4, 0.5) is 0 Å². The minimum absolute atomic E-state index is 0.0741. The van der Waals surface area contributed by atoms with Crippen molar-refractivity contribution in [3.63, 3.8) is 0 Å². The van der Waals surface area contributed by atoms with E-state index < -0.39 is 0 Å². The van der Waals surface area contributed by atoms with E-state index in [1.807, 2.05) is 41.9 Å². The van der Waals surface area contributed by atoms with E-state index in [1.54, 1.807) is 13.3 Å². The van der Waals surface area contributed by atoms with Crippen molar-refractivity contribution in [1.82, 2.24) is 20.1 Å². The molecule has 1 fully saturated rings. The van der Waals surface area contributed by atoms with Crippen molar-refractivity contribution < 1.29 is 9.53 Å². The van der Waals surface area contributed by atoms with Crippen molar-refractivity contribution in [3.8, 4) is 5.75 Å². The lowest BCUT2D eigenvalue weighted by molar-refractivity contribution is 0.0955. The summed E-state index contributed by atoms with van der Waals surface area (Å²) in [4.78, 5) is 17.5. The number of hydrogen-bond donors (Lipinski definition) is 1. The van der Waals surface area contributed by atoms with Gasteiger partial charge in [0.25, 0.3) is 5.91 Å². The van der Waals surface area contributed by atoms with Crippen molar-refractivity contribution in [2.75, 3.05) is 13.7 Å². The fraction of sp³-hybridized carbons (Fsp3) is 0.409. The minimum Gasteiger partial charge on any atom is -0.497 e. The molecule has 4 rings (SSSR count). The number of methoxy groups -OCH3 is 1. The van der Waals surface area contributed by atoms with E-state index in [0.717, 1.165) is 47.3 Å². The lowest BCUT2D eigenvalue weighted by Gasteiger charge is -2.12. The van der Waals surface area contributed by atoms with Gasteiger partial charge in [0.05, 0.1) is 30.3 Å². The quantitative estimate of drug-likeness (QED) is 0.708. The van der Waals surface area contributed by atoms with Crippen LogP contribution in [-0.2, 0) is 6.42 Å². The number of aryl methyl sites for hydroxylation is 1. The summed E-state index contributed by atoms with van der Waals surface area (Å²) in [6, 6.07) is 10.2. The number of aromatic nitrogens is 3. The molecule has 6 nitrogen and oxygen atoms in total. The number of amides is 1. The van der Waals surface area contributed by atoms with E-state index in [9.17, 15) is 4.79 Å². The number of carbonyl (C=O) groups is 1. The molecule has 0 radical (unpaired) electrons. The van der Waals surface area contributed by atoms with Crippen LogP contribution in [0.25, 0.3) is 11.0 Å².